The zero-order chi connectivity index (χ0) is 24.9. The number of fused-ring (bicyclic) bond motifs is 1. The van der Waals surface area contributed by atoms with Gasteiger partial charge >= 0.3 is 6.61 Å². The van der Waals surface area contributed by atoms with Gasteiger partial charge in [-0.05, 0) is 65.3 Å². The number of alkyl halides is 2. The monoisotopic (exact) mass is 484 g/mol. The highest BCUT2D eigenvalue weighted by atomic mass is 19.3. The Hall–Kier alpha value is -3.87. The molecule has 0 saturated heterocycles. The van der Waals surface area contributed by atoms with Gasteiger partial charge in [-0.2, -0.15) is 8.78 Å². The number of aryl methyl sites for hydroxylation is 2. The SMILES string of the molecule is C=CCOc1ccc(-c2ccc3c(F)c(CCc4ccc(OC(F)F)c(F)c4)ccc3c2)c(F)c1. The molecule has 0 aromatic heterocycles. The predicted octanol–water partition coefficient (Wildman–Crippen LogP) is 7.88. The third-order valence-corrected chi connectivity index (χ3v) is 5.55. The van der Waals surface area contributed by atoms with Gasteiger partial charge in [0.25, 0.3) is 0 Å². The molecule has 0 heterocycles. The van der Waals surface area contributed by atoms with E-state index in [1.807, 2.05) is 0 Å². The first kappa shape index (κ1) is 24.3. The molecule has 0 fully saturated rings. The van der Waals surface area contributed by atoms with Gasteiger partial charge in [0.05, 0.1) is 0 Å². The molecule has 4 aromatic rings. The molecule has 180 valence electrons. The standard InChI is InChI=1S/C28H21F5O2/c1-2-13-34-21-9-11-22(24(29)16-21)19-8-10-23-20(15-19)7-6-18(27(23)31)5-3-17-4-12-26(25(30)14-17)35-28(32)33/h2,4,6-12,14-16,28H,1,3,5,13H2. The van der Waals surface area contributed by atoms with E-state index >= 15 is 4.39 Å². The molecule has 0 saturated carbocycles. The first-order chi connectivity index (χ1) is 16.9. The Morgan fingerprint density at radius 1 is 0.829 bits per heavy atom. The van der Waals surface area contributed by atoms with E-state index in [1.54, 1.807) is 48.5 Å². The van der Waals surface area contributed by atoms with Gasteiger partial charge < -0.3 is 9.47 Å². The average molecular weight is 484 g/mol. The zero-order valence-corrected chi connectivity index (χ0v) is 18.5. The fraction of sp³-hybridized carbons (Fsp3) is 0.143. The fourth-order valence-electron chi connectivity index (χ4n) is 3.84. The summed E-state index contributed by atoms with van der Waals surface area (Å²) >= 11 is 0. The molecule has 4 aromatic carbocycles. The van der Waals surface area contributed by atoms with Crippen molar-refractivity contribution in [2.24, 2.45) is 0 Å². The lowest BCUT2D eigenvalue weighted by Gasteiger charge is -2.11. The number of ether oxygens (including phenoxy) is 2. The largest absolute Gasteiger partial charge is 0.489 e. The van der Waals surface area contributed by atoms with Gasteiger partial charge in [0.1, 0.15) is 24.0 Å². The van der Waals surface area contributed by atoms with E-state index in [2.05, 4.69) is 11.3 Å². The molecule has 2 nitrogen and oxygen atoms in total. The molecule has 0 radical (unpaired) electrons. The van der Waals surface area contributed by atoms with E-state index < -0.39 is 29.8 Å². The summed E-state index contributed by atoms with van der Waals surface area (Å²) < 4.78 is 77.7. The quantitative estimate of drug-likeness (QED) is 0.178. The van der Waals surface area contributed by atoms with Crippen molar-refractivity contribution in [3.63, 3.8) is 0 Å². The van der Waals surface area contributed by atoms with E-state index in [0.717, 1.165) is 12.1 Å². The third-order valence-electron chi connectivity index (χ3n) is 5.55. The first-order valence-electron chi connectivity index (χ1n) is 10.8. The van der Waals surface area contributed by atoms with Gasteiger partial charge in [-0.25, -0.2) is 13.2 Å². The molecule has 0 unspecified atom stereocenters. The van der Waals surface area contributed by atoms with E-state index in [0.29, 0.717) is 45.2 Å². The summed E-state index contributed by atoms with van der Waals surface area (Å²) in [7, 11) is 0. The first-order valence-corrected chi connectivity index (χ1v) is 10.8. The lowest BCUT2D eigenvalue weighted by molar-refractivity contribution is -0.0522. The Labute approximate surface area is 199 Å². The summed E-state index contributed by atoms with van der Waals surface area (Å²) in [6, 6.07) is 16.6. The van der Waals surface area contributed by atoms with Crippen molar-refractivity contribution in [2.75, 3.05) is 6.61 Å². The van der Waals surface area contributed by atoms with Crippen molar-refractivity contribution < 1.29 is 31.4 Å². The molecular weight excluding hydrogens is 463 g/mol. The van der Waals surface area contributed by atoms with Crippen LogP contribution in [0.4, 0.5) is 22.0 Å². The molecule has 0 amide bonds. The van der Waals surface area contributed by atoms with Crippen molar-refractivity contribution in [3.05, 3.63) is 108 Å². The van der Waals surface area contributed by atoms with Crippen LogP contribution < -0.4 is 9.47 Å². The number of benzene rings is 4. The Bertz CT molecular complexity index is 1370. The highest BCUT2D eigenvalue weighted by Crippen LogP contribution is 2.31. The van der Waals surface area contributed by atoms with Gasteiger partial charge in [-0.3, -0.25) is 0 Å². The minimum atomic E-state index is -3.12. The second-order valence-corrected chi connectivity index (χ2v) is 7.86. The lowest BCUT2D eigenvalue weighted by atomic mass is 9.97. The van der Waals surface area contributed by atoms with Crippen LogP contribution >= 0.6 is 0 Å². The molecule has 0 N–H and O–H groups in total. The third kappa shape index (κ3) is 5.62. The van der Waals surface area contributed by atoms with E-state index in [9.17, 15) is 17.6 Å². The molecule has 0 aliphatic rings. The predicted molar refractivity (Wildman–Crippen MR) is 125 cm³/mol. The highest BCUT2D eigenvalue weighted by molar-refractivity contribution is 5.88. The van der Waals surface area contributed by atoms with Crippen LogP contribution in [-0.4, -0.2) is 13.2 Å². The topological polar surface area (TPSA) is 18.5 Å². The van der Waals surface area contributed by atoms with E-state index in [1.165, 1.54) is 12.1 Å². The molecule has 4 rings (SSSR count). The minimum Gasteiger partial charge on any atom is -0.489 e. The summed E-state index contributed by atoms with van der Waals surface area (Å²) in [6.45, 7) is 0.707. The van der Waals surface area contributed by atoms with Gasteiger partial charge in [-0.15, -0.1) is 0 Å². The molecule has 0 spiro atoms. The van der Waals surface area contributed by atoms with Gasteiger partial charge in [-0.1, -0.05) is 43.0 Å². The number of hydrogen-bond acceptors (Lipinski definition) is 2. The molecule has 35 heavy (non-hydrogen) atoms. The summed E-state index contributed by atoms with van der Waals surface area (Å²) in [5, 5.41) is 0.985. The maximum absolute atomic E-state index is 15.2. The second-order valence-electron chi connectivity index (χ2n) is 7.86. The Balaban J connectivity index is 1.53. The summed E-state index contributed by atoms with van der Waals surface area (Å²) in [5.74, 6) is -1.92. The maximum atomic E-state index is 15.2. The molecule has 7 heteroatoms. The smallest absolute Gasteiger partial charge is 0.387 e. The van der Waals surface area contributed by atoms with Crippen LogP contribution in [0.2, 0.25) is 0 Å². The lowest BCUT2D eigenvalue weighted by Crippen LogP contribution is -2.04. The van der Waals surface area contributed by atoms with Crippen molar-refractivity contribution in [2.45, 2.75) is 19.5 Å². The summed E-state index contributed by atoms with van der Waals surface area (Å²) in [4.78, 5) is 0. The second kappa shape index (κ2) is 10.6. The van der Waals surface area contributed by atoms with Crippen molar-refractivity contribution in [3.8, 4) is 22.6 Å². The molecule has 0 bridgehead atoms. The fourth-order valence-corrected chi connectivity index (χ4v) is 3.84. The van der Waals surface area contributed by atoms with Gasteiger partial charge in [0.15, 0.2) is 11.6 Å². The van der Waals surface area contributed by atoms with Crippen LogP contribution in [-0.2, 0) is 12.8 Å². The summed E-state index contributed by atoms with van der Waals surface area (Å²) in [6.07, 6.45) is 2.15. The number of halogens is 5. The maximum Gasteiger partial charge on any atom is 0.387 e. The van der Waals surface area contributed by atoms with Crippen molar-refractivity contribution >= 4 is 10.8 Å². The van der Waals surface area contributed by atoms with Crippen molar-refractivity contribution in [1.82, 2.24) is 0 Å². The van der Waals surface area contributed by atoms with Crippen LogP contribution in [0, 0.1) is 17.5 Å². The zero-order valence-electron chi connectivity index (χ0n) is 18.5. The van der Waals surface area contributed by atoms with Crippen LogP contribution in [0.25, 0.3) is 21.9 Å². The van der Waals surface area contributed by atoms with Crippen LogP contribution in [0.1, 0.15) is 11.1 Å². The highest BCUT2D eigenvalue weighted by Gasteiger charge is 2.13. The Morgan fingerprint density at radius 3 is 2.37 bits per heavy atom. The molecule has 0 aliphatic carbocycles. The van der Waals surface area contributed by atoms with Crippen LogP contribution in [0.3, 0.4) is 0 Å². The number of hydrogen-bond donors (Lipinski definition) is 0. The number of rotatable bonds is 9. The molecular formula is C28H21F5O2. The van der Waals surface area contributed by atoms with Crippen LogP contribution in [0.15, 0.2) is 79.4 Å². The molecule has 0 atom stereocenters. The Kier molecular flexibility index (Phi) is 7.34. The van der Waals surface area contributed by atoms with E-state index in [-0.39, 0.29) is 13.0 Å². The average Bonchev–Trinajstić information content (AvgIpc) is 2.83. The van der Waals surface area contributed by atoms with E-state index in [4.69, 9.17) is 4.74 Å². The summed E-state index contributed by atoms with van der Waals surface area (Å²) in [5.41, 5.74) is 1.91. The Morgan fingerprint density at radius 2 is 1.66 bits per heavy atom. The van der Waals surface area contributed by atoms with Gasteiger partial charge in [0, 0.05) is 17.0 Å². The van der Waals surface area contributed by atoms with Crippen molar-refractivity contribution in [1.29, 1.82) is 0 Å². The van der Waals surface area contributed by atoms with Gasteiger partial charge in [0.2, 0.25) is 0 Å². The molecule has 0 aliphatic heterocycles. The van der Waals surface area contributed by atoms with Crippen LogP contribution in [0.5, 0.6) is 11.5 Å². The normalized spacial score (nSPS) is 11.1. The minimum absolute atomic E-state index is 0.268.